The van der Waals surface area contributed by atoms with E-state index in [-0.39, 0.29) is 23.6 Å². The third kappa shape index (κ3) is 2.59. The zero-order valence-electron chi connectivity index (χ0n) is 17.1. The van der Waals surface area contributed by atoms with Crippen molar-refractivity contribution in [3.63, 3.8) is 0 Å². The van der Waals surface area contributed by atoms with Crippen molar-refractivity contribution < 1.29 is 14.3 Å². The average molecular weight is 426 g/mol. The summed E-state index contributed by atoms with van der Waals surface area (Å²) in [6.07, 6.45) is 4.84. The second kappa shape index (κ2) is 6.45. The number of pyridine rings is 1. The minimum atomic E-state index is -0.593. The molecule has 3 aliphatic rings. The molecule has 1 saturated carbocycles. The smallest absolute Gasteiger partial charge is 0.283 e. The molecule has 6 nitrogen and oxygen atoms in total. The average Bonchev–Trinajstić information content (AvgIpc) is 3.03. The largest absolute Gasteiger partial charge is 0.487 e. The quantitative estimate of drug-likeness (QED) is 0.750. The number of amidine groups is 1. The highest BCUT2D eigenvalue weighted by molar-refractivity contribution is 6.30. The molecule has 2 aromatic rings. The number of benzene rings is 1. The van der Waals surface area contributed by atoms with Crippen LogP contribution in [0, 0.1) is 5.41 Å². The van der Waals surface area contributed by atoms with E-state index in [2.05, 4.69) is 18.8 Å². The number of rotatable bonds is 3. The standard InChI is InChI=1S/C23H24ClN3O3/c1-21(2)22(8-3-9-22)23(13-29-20(25)27-23)16-10-14(4-7-19(16)30-21)11-18(28)17-6-5-15(24)12-26-17/h4-7,10,12H,3,8-9,11,13H2,1-2H3,(H2,25,27). The van der Waals surface area contributed by atoms with E-state index in [1.54, 1.807) is 12.1 Å². The second-order valence-electron chi connectivity index (χ2n) is 8.94. The Hall–Kier alpha value is -2.60. The van der Waals surface area contributed by atoms with E-state index in [9.17, 15) is 4.79 Å². The number of fused-ring (bicyclic) bond motifs is 3. The Balaban J connectivity index is 1.56. The molecule has 1 aliphatic carbocycles. The molecule has 1 aromatic heterocycles. The number of ketones is 1. The zero-order chi connectivity index (χ0) is 21.1. The number of hydrogen-bond donors (Lipinski definition) is 1. The lowest BCUT2D eigenvalue weighted by Gasteiger charge is -2.62. The van der Waals surface area contributed by atoms with Crippen LogP contribution < -0.4 is 10.5 Å². The van der Waals surface area contributed by atoms with Crippen LogP contribution in [0.1, 0.15) is 54.7 Å². The van der Waals surface area contributed by atoms with Crippen LogP contribution in [0.2, 0.25) is 5.02 Å². The molecule has 2 N–H and O–H groups in total. The van der Waals surface area contributed by atoms with Crippen molar-refractivity contribution >= 4 is 23.4 Å². The maximum absolute atomic E-state index is 12.7. The van der Waals surface area contributed by atoms with Crippen molar-refractivity contribution in [2.24, 2.45) is 16.1 Å². The molecule has 1 unspecified atom stereocenters. The van der Waals surface area contributed by atoms with Crippen LogP contribution in [0.15, 0.2) is 41.5 Å². The molecule has 2 aliphatic heterocycles. The SMILES string of the molecule is CC1(C)Oc2ccc(CC(=O)c3ccc(Cl)cn3)cc2C2(COC(N)=N2)C12CCC2. The number of aliphatic imine (C=N–C) groups is 1. The number of halogens is 1. The van der Waals surface area contributed by atoms with Gasteiger partial charge in [0.05, 0.1) is 5.02 Å². The summed E-state index contributed by atoms with van der Waals surface area (Å²) < 4.78 is 12.2. The summed E-state index contributed by atoms with van der Waals surface area (Å²) in [5.41, 5.74) is 7.06. The van der Waals surface area contributed by atoms with Gasteiger partial charge in [0, 0.05) is 23.6 Å². The molecule has 1 atom stereocenters. The van der Waals surface area contributed by atoms with Crippen LogP contribution in [-0.4, -0.2) is 29.0 Å². The number of nitrogens with two attached hydrogens (primary N) is 1. The van der Waals surface area contributed by atoms with Gasteiger partial charge in [-0.3, -0.25) is 9.78 Å². The van der Waals surface area contributed by atoms with E-state index >= 15 is 0 Å². The van der Waals surface area contributed by atoms with Crippen LogP contribution in [-0.2, 0) is 16.7 Å². The summed E-state index contributed by atoms with van der Waals surface area (Å²) in [7, 11) is 0. The third-order valence-corrected chi connectivity index (χ3v) is 7.34. The number of carbonyl (C=O) groups excluding carboxylic acids is 1. The molecule has 30 heavy (non-hydrogen) atoms. The van der Waals surface area contributed by atoms with Crippen molar-refractivity contribution in [2.75, 3.05) is 6.61 Å². The van der Waals surface area contributed by atoms with Gasteiger partial charge in [-0.25, -0.2) is 4.99 Å². The molecule has 0 amide bonds. The van der Waals surface area contributed by atoms with Gasteiger partial charge in [-0.05, 0) is 56.5 Å². The molecule has 2 spiro atoms. The van der Waals surface area contributed by atoms with Crippen molar-refractivity contribution in [3.05, 3.63) is 58.4 Å². The van der Waals surface area contributed by atoms with Gasteiger partial charge >= 0.3 is 0 Å². The van der Waals surface area contributed by atoms with Crippen molar-refractivity contribution in [1.82, 2.24) is 4.98 Å². The first kappa shape index (κ1) is 19.4. The van der Waals surface area contributed by atoms with Crippen LogP contribution in [0.5, 0.6) is 5.75 Å². The molecule has 5 rings (SSSR count). The summed E-state index contributed by atoms with van der Waals surface area (Å²) in [4.78, 5) is 21.7. The predicted octanol–water partition coefficient (Wildman–Crippen LogP) is 4.04. The fourth-order valence-electron chi connectivity index (χ4n) is 5.40. The third-order valence-electron chi connectivity index (χ3n) is 7.11. The molecule has 1 fully saturated rings. The summed E-state index contributed by atoms with van der Waals surface area (Å²) in [5.74, 6) is 0.710. The Morgan fingerprint density at radius 1 is 1.23 bits per heavy atom. The molecule has 7 heteroatoms. The Kier molecular flexibility index (Phi) is 4.16. The highest BCUT2D eigenvalue weighted by atomic mass is 35.5. The van der Waals surface area contributed by atoms with Gasteiger partial charge in [-0.15, -0.1) is 0 Å². The van der Waals surface area contributed by atoms with Gasteiger partial charge in [0.25, 0.3) is 6.02 Å². The number of aromatic nitrogens is 1. The van der Waals surface area contributed by atoms with Gasteiger partial charge < -0.3 is 15.2 Å². The van der Waals surface area contributed by atoms with Gasteiger partial charge in [-0.2, -0.15) is 0 Å². The summed E-state index contributed by atoms with van der Waals surface area (Å²) in [6.45, 7) is 4.66. The normalized spacial score (nSPS) is 25.1. The highest BCUT2D eigenvalue weighted by Gasteiger charge is 2.69. The molecule has 156 valence electrons. The summed E-state index contributed by atoms with van der Waals surface area (Å²) >= 11 is 5.88. The van der Waals surface area contributed by atoms with Crippen LogP contribution >= 0.6 is 11.6 Å². The number of ether oxygens (including phenoxy) is 2. The Morgan fingerprint density at radius 2 is 2.03 bits per heavy atom. The van der Waals surface area contributed by atoms with E-state index in [0.29, 0.717) is 17.3 Å². The molecular formula is C23H24ClN3O3. The van der Waals surface area contributed by atoms with E-state index in [0.717, 1.165) is 36.1 Å². The van der Waals surface area contributed by atoms with Crippen molar-refractivity contribution in [3.8, 4) is 5.75 Å². The molecule has 0 bridgehead atoms. The lowest BCUT2D eigenvalue weighted by atomic mass is 9.48. The monoisotopic (exact) mass is 425 g/mol. The molecule has 1 aromatic carbocycles. The molecule has 0 saturated heterocycles. The maximum atomic E-state index is 12.7. The van der Waals surface area contributed by atoms with Gasteiger partial charge in [0.2, 0.25) is 0 Å². The number of nitrogens with zero attached hydrogens (tertiary/aromatic N) is 2. The first-order valence-corrected chi connectivity index (χ1v) is 10.6. The van der Waals surface area contributed by atoms with Crippen LogP contribution in [0.4, 0.5) is 0 Å². The van der Waals surface area contributed by atoms with E-state index in [1.807, 2.05) is 18.2 Å². The number of Topliss-reactive ketones (excluding diaryl/α,β-unsaturated/α-hetero) is 1. The fraction of sp³-hybridized carbons (Fsp3) is 0.435. The highest BCUT2D eigenvalue weighted by Crippen LogP contribution is 2.67. The minimum absolute atomic E-state index is 0.0678. The van der Waals surface area contributed by atoms with Crippen LogP contribution in [0.25, 0.3) is 0 Å². The lowest BCUT2D eigenvalue weighted by molar-refractivity contribution is -0.157. The van der Waals surface area contributed by atoms with Crippen LogP contribution in [0.3, 0.4) is 0 Å². The van der Waals surface area contributed by atoms with Gasteiger partial charge in [0.15, 0.2) is 5.78 Å². The van der Waals surface area contributed by atoms with E-state index < -0.39 is 11.1 Å². The van der Waals surface area contributed by atoms with Gasteiger partial charge in [0.1, 0.15) is 29.2 Å². The molecular weight excluding hydrogens is 402 g/mol. The Morgan fingerprint density at radius 3 is 2.63 bits per heavy atom. The van der Waals surface area contributed by atoms with E-state index in [1.165, 1.54) is 6.20 Å². The molecule has 3 heterocycles. The van der Waals surface area contributed by atoms with Crippen molar-refractivity contribution in [1.29, 1.82) is 0 Å². The first-order chi connectivity index (χ1) is 14.3. The topological polar surface area (TPSA) is 86.8 Å². The zero-order valence-corrected chi connectivity index (χ0v) is 17.8. The van der Waals surface area contributed by atoms with E-state index in [4.69, 9.17) is 31.8 Å². The Labute approximate surface area is 180 Å². The summed E-state index contributed by atoms with van der Waals surface area (Å²) in [5, 5.41) is 0.504. The molecule has 0 radical (unpaired) electrons. The predicted molar refractivity (Wildman–Crippen MR) is 114 cm³/mol. The first-order valence-electron chi connectivity index (χ1n) is 10.2. The minimum Gasteiger partial charge on any atom is -0.487 e. The van der Waals surface area contributed by atoms with Gasteiger partial charge in [-0.1, -0.05) is 24.1 Å². The second-order valence-corrected chi connectivity index (χ2v) is 9.38. The number of carbonyl (C=O) groups is 1. The Bertz CT molecular complexity index is 1060. The number of hydrogen-bond acceptors (Lipinski definition) is 6. The fourth-order valence-corrected chi connectivity index (χ4v) is 5.52. The maximum Gasteiger partial charge on any atom is 0.283 e. The van der Waals surface area contributed by atoms with Crippen molar-refractivity contribution in [2.45, 2.75) is 50.7 Å². The lowest BCUT2D eigenvalue weighted by Crippen LogP contribution is -2.66. The summed E-state index contributed by atoms with van der Waals surface area (Å²) in [6, 6.07) is 9.44.